The molecule has 2 heterocycles. The second kappa shape index (κ2) is 3.60. The minimum absolute atomic E-state index is 0.298. The highest BCUT2D eigenvalue weighted by atomic mass is 16.7. The molecule has 0 radical (unpaired) electrons. The molecular weight excluding hydrogens is 203 g/mol. The van der Waals surface area contributed by atoms with Gasteiger partial charge in [-0.2, -0.15) is 5.10 Å². The van der Waals surface area contributed by atoms with E-state index in [1.807, 2.05) is 44.6 Å². The second-order valence-electron chi connectivity index (χ2n) is 5.18. The maximum absolute atomic E-state index is 5.91. The molecule has 1 aliphatic rings. The number of hydrogen-bond donors (Lipinski definition) is 0. The van der Waals surface area contributed by atoms with E-state index < -0.39 is 0 Å². The molecule has 1 fully saturated rings. The first-order valence-electron chi connectivity index (χ1n) is 5.75. The van der Waals surface area contributed by atoms with E-state index in [1.165, 1.54) is 0 Å². The molecule has 0 N–H and O–H groups in total. The van der Waals surface area contributed by atoms with E-state index in [0.29, 0.717) is 0 Å². The summed E-state index contributed by atoms with van der Waals surface area (Å²) in [5, 5.41) is 4.41. The Morgan fingerprint density at radius 1 is 1.25 bits per heavy atom. The summed E-state index contributed by atoms with van der Waals surface area (Å²) in [6.45, 7) is 11.1. The zero-order chi connectivity index (χ0) is 12.0. The zero-order valence-electron chi connectivity index (χ0n) is 10.7. The third-order valence-electron chi connectivity index (χ3n) is 3.48. The SMILES string of the molecule is CCn1ccc(B2OC(C)(C)C(C)(C)O2)n1. The van der Waals surface area contributed by atoms with Gasteiger partial charge >= 0.3 is 7.12 Å². The van der Waals surface area contributed by atoms with Crippen molar-refractivity contribution in [3.63, 3.8) is 0 Å². The number of hydrogen-bond acceptors (Lipinski definition) is 3. The minimum atomic E-state index is -0.349. The number of nitrogens with zero attached hydrogens (tertiary/aromatic N) is 2. The lowest BCUT2D eigenvalue weighted by Crippen LogP contribution is -2.41. The van der Waals surface area contributed by atoms with Gasteiger partial charge in [-0.25, -0.2) is 0 Å². The molecule has 1 aliphatic heterocycles. The lowest BCUT2D eigenvalue weighted by Gasteiger charge is -2.32. The van der Waals surface area contributed by atoms with E-state index in [1.54, 1.807) is 0 Å². The predicted molar refractivity (Wildman–Crippen MR) is 63.6 cm³/mol. The second-order valence-corrected chi connectivity index (χ2v) is 5.18. The summed E-state index contributed by atoms with van der Waals surface area (Å²) < 4.78 is 13.7. The maximum Gasteiger partial charge on any atom is 0.516 e. The van der Waals surface area contributed by atoms with E-state index in [0.717, 1.165) is 12.1 Å². The van der Waals surface area contributed by atoms with Crippen molar-refractivity contribution in [3.05, 3.63) is 12.3 Å². The molecule has 2 rings (SSSR count). The monoisotopic (exact) mass is 222 g/mol. The van der Waals surface area contributed by atoms with Crippen LogP contribution in [0.1, 0.15) is 34.6 Å². The van der Waals surface area contributed by atoms with Crippen molar-refractivity contribution >= 4 is 12.7 Å². The van der Waals surface area contributed by atoms with Gasteiger partial charge in [-0.15, -0.1) is 0 Å². The Morgan fingerprint density at radius 3 is 2.25 bits per heavy atom. The van der Waals surface area contributed by atoms with Crippen LogP contribution in [0.3, 0.4) is 0 Å². The summed E-state index contributed by atoms with van der Waals surface area (Å²) in [6.07, 6.45) is 1.94. The molecule has 5 heteroatoms. The summed E-state index contributed by atoms with van der Waals surface area (Å²) >= 11 is 0. The van der Waals surface area contributed by atoms with Crippen LogP contribution < -0.4 is 5.59 Å². The van der Waals surface area contributed by atoms with Gasteiger partial charge in [-0.1, -0.05) is 0 Å². The molecule has 1 aromatic rings. The molecule has 0 saturated carbocycles. The van der Waals surface area contributed by atoms with Crippen LogP contribution in [-0.2, 0) is 15.9 Å². The number of aromatic nitrogens is 2. The van der Waals surface area contributed by atoms with Crippen LogP contribution in [-0.4, -0.2) is 28.1 Å². The average Bonchev–Trinajstić information content (AvgIpc) is 2.70. The van der Waals surface area contributed by atoms with E-state index in [9.17, 15) is 0 Å². The molecule has 16 heavy (non-hydrogen) atoms. The molecule has 0 unspecified atom stereocenters. The third-order valence-corrected chi connectivity index (χ3v) is 3.48. The Labute approximate surface area is 97.1 Å². The Balaban J connectivity index is 2.20. The van der Waals surface area contributed by atoms with Gasteiger partial charge in [0.05, 0.1) is 16.8 Å². The van der Waals surface area contributed by atoms with E-state index in [2.05, 4.69) is 12.0 Å². The first kappa shape index (κ1) is 11.7. The molecule has 0 amide bonds. The van der Waals surface area contributed by atoms with Crippen molar-refractivity contribution in [2.24, 2.45) is 0 Å². The van der Waals surface area contributed by atoms with Crippen molar-refractivity contribution < 1.29 is 9.31 Å². The van der Waals surface area contributed by atoms with Crippen LogP contribution in [0.25, 0.3) is 0 Å². The molecule has 0 spiro atoms. The van der Waals surface area contributed by atoms with Crippen LogP contribution in [0.2, 0.25) is 0 Å². The van der Waals surface area contributed by atoms with E-state index >= 15 is 0 Å². The van der Waals surface area contributed by atoms with Gasteiger partial charge in [-0.3, -0.25) is 4.68 Å². The Morgan fingerprint density at radius 2 is 1.81 bits per heavy atom. The van der Waals surface area contributed by atoms with Crippen molar-refractivity contribution in [1.29, 1.82) is 0 Å². The van der Waals surface area contributed by atoms with E-state index in [-0.39, 0.29) is 18.3 Å². The molecule has 1 aromatic heterocycles. The number of aryl methyl sites for hydroxylation is 1. The molecule has 88 valence electrons. The molecule has 0 aliphatic carbocycles. The minimum Gasteiger partial charge on any atom is -0.398 e. The number of rotatable bonds is 2. The van der Waals surface area contributed by atoms with Crippen LogP contribution in [0, 0.1) is 0 Å². The lowest BCUT2D eigenvalue weighted by atomic mass is 9.85. The summed E-state index contributed by atoms with van der Waals surface area (Å²) in [6, 6.07) is 1.95. The van der Waals surface area contributed by atoms with Crippen LogP contribution in [0.4, 0.5) is 0 Å². The molecule has 0 atom stereocenters. The largest absolute Gasteiger partial charge is 0.516 e. The van der Waals surface area contributed by atoms with Crippen LogP contribution in [0.15, 0.2) is 12.3 Å². The first-order chi connectivity index (χ1) is 7.36. The smallest absolute Gasteiger partial charge is 0.398 e. The normalized spacial score (nSPS) is 22.7. The summed E-state index contributed by atoms with van der Waals surface area (Å²) in [4.78, 5) is 0. The molecule has 0 aromatic carbocycles. The Kier molecular flexibility index (Phi) is 2.63. The Bertz CT molecular complexity index is 371. The summed E-state index contributed by atoms with van der Waals surface area (Å²) in [5.41, 5.74) is 0.252. The maximum atomic E-state index is 5.91. The topological polar surface area (TPSA) is 36.3 Å². The molecule has 0 bridgehead atoms. The van der Waals surface area contributed by atoms with Gasteiger partial charge in [0.25, 0.3) is 0 Å². The molecule has 1 saturated heterocycles. The third kappa shape index (κ3) is 1.78. The van der Waals surface area contributed by atoms with Crippen molar-refractivity contribution in [2.45, 2.75) is 52.4 Å². The van der Waals surface area contributed by atoms with Gasteiger partial charge in [0.2, 0.25) is 0 Å². The standard InChI is InChI=1S/C11H19BN2O2/c1-6-14-8-7-9(13-14)12-15-10(2,3)11(4,5)16-12/h7-8H,6H2,1-5H3. The fraction of sp³-hybridized carbons (Fsp3) is 0.727. The fourth-order valence-corrected chi connectivity index (χ4v) is 1.64. The predicted octanol–water partition coefficient (Wildman–Crippen LogP) is 1.20. The zero-order valence-corrected chi connectivity index (χ0v) is 10.7. The quantitative estimate of drug-likeness (QED) is 0.705. The Hall–Kier alpha value is -0.805. The van der Waals surface area contributed by atoms with Crippen LogP contribution in [0.5, 0.6) is 0 Å². The highest BCUT2D eigenvalue weighted by Gasteiger charge is 2.52. The van der Waals surface area contributed by atoms with Gasteiger partial charge in [0.15, 0.2) is 0 Å². The fourth-order valence-electron chi connectivity index (χ4n) is 1.64. The summed E-state index contributed by atoms with van der Waals surface area (Å²) in [7, 11) is -0.349. The summed E-state index contributed by atoms with van der Waals surface area (Å²) in [5.74, 6) is 0. The van der Waals surface area contributed by atoms with Crippen molar-refractivity contribution in [1.82, 2.24) is 9.78 Å². The van der Waals surface area contributed by atoms with Gasteiger partial charge in [-0.05, 0) is 40.7 Å². The highest BCUT2D eigenvalue weighted by Crippen LogP contribution is 2.36. The van der Waals surface area contributed by atoms with Crippen LogP contribution >= 0.6 is 0 Å². The van der Waals surface area contributed by atoms with Crippen molar-refractivity contribution in [2.75, 3.05) is 0 Å². The lowest BCUT2D eigenvalue weighted by molar-refractivity contribution is 0.00578. The average molecular weight is 222 g/mol. The highest BCUT2D eigenvalue weighted by molar-refractivity contribution is 6.61. The van der Waals surface area contributed by atoms with Crippen molar-refractivity contribution in [3.8, 4) is 0 Å². The molecule has 4 nitrogen and oxygen atoms in total. The van der Waals surface area contributed by atoms with E-state index in [4.69, 9.17) is 9.31 Å². The van der Waals surface area contributed by atoms with Gasteiger partial charge in [0.1, 0.15) is 0 Å². The van der Waals surface area contributed by atoms with Gasteiger partial charge in [0, 0.05) is 12.7 Å². The molecular formula is C11H19BN2O2. The van der Waals surface area contributed by atoms with Gasteiger partial charge < -0.3 is 9.31 Å². The first-order valence-corrected chi connectivity index (χ1v) is 5.75.